The van der Waals surface area contributed by atoms with Crippen molar-refractivity contribution in [2.24, 2.45) is 0 Å². The predicted octanol–water partition coefficient (Wildman–Crippen LogP) is 6.84. The molecule has 0 aliphatic carbocycles. The minimum absolute atomic E-state index is 0.487. The summed E-state index contributed by atoms with van der Waals surface area (Å²) in [6, 6.07) is 24.2. The SMILES string of the molecule is CSc1ccc(-c2cc(C)c(Nc3ccnc(Nc4ccc(C#N)cc4)n3)c(C)c2)cc1. The topological polar surface area (TPSA) is 73.6 Å². The summed E-state index contributed by atoms with van der Waals surface area (Å²) in [4.78, 5) is 10.1. The Labute approximate surface area is 192 Å². The van der Waals surface area contributed by atoms with E-state index >= 15 is 0 Å². The molecule has 2 N–H and O–H groups in total. The summed E-state index contributed by atoms with van der Waals surface area (Å²) >= 11 is 1.75. The Morgan fingerprint density at radius 3 is 2.16 bits per heavy atom. The molecule has 0 amide bonds. The molecule has 0 fully saturated rings. The maximum Gasteiger partial charge on any atom is 0.229 e. The predicted molar refractivity (Wildman–Crippen MR) is 133 cm³/mol. The fraction of sp³-hybridized carbons (Fsp3) is 0.115. The Morgan fingerprint density at radius 2 is 1.53 bits per heavy atom. The molecule has 4 aromatic rings. The number of nitrogens with zero attached hydrogens (tertiary/aromatic N) is 3. The van der Waals surface area contributed by atoms with Crippen LogP contribution in [0.1, 0.15) is 16.7 Å². The van der Waals surface area contributed by atoms with Gasteiger partial charge in [0.15, 0.2) is 0 Å². The fourth-order valence-corrected chi connectivity index (χ4v) is 3.89. The molecule has 0 saturated carbocycles. The van der Waals surface area contributed by atoms with Gasteiger partial charge in [-0.25, -0.2) is 4.98 Å². The monoisotopic (exact) mass is 437 g/mol. The molecule has 5 nitrogen and oxygen atoms in total. The Kier molecular flexibility index (Phi) is 6.39. The van der Waals surface area contributed by atoms with Gasteiger partial charge in [0.05, 0.1) is 11.6 Å². The van der Waals surface area contributed by atoms with Crippen LogP contribution >= 0.6 is 11.8 Å². The van der Waals surface area contributed by atoms with Gasteiger partial charge in [0.1, 0.15) is 5.82 Å². The number of nitriles is 1. The Balaban J connectivity index is 1.54. The molecule has 1 aromatic heterocycles. The highest BCUT2D eigenvalue weighted by atomic mass is 32.2. The van der Waals surface area contributed by atoms with Gasteiger partial charge in [-0.3, -0.25) is 0 Å². The summed E-state index contributed by atoms with van der Waals surface area (Å²) in [6.45, 7) is 4.21. The first-order chi connectivity index (χ1) is 15.6. The Bertz CT molecular complexity index is 1250. The number of hydrogen-bond donors (Lipinski definition) is 2. The van der Waals surface area contributed by atoms with Crippen molar-refractivity contribution in [3.8, 4) is 17.2 Å². The summed E-state index contributed by atoms with van der Waals surface area (Å²) in [6.07, 6.45) is 3.80. The summed E-state index contributed by atoms with van der Waals surface area (Å²) in [7, 11) is 0. The third kappa shape index (κ3) is 4.90. The summed E-state index contributed by atoms with van der Waals surface area (Å²) < 4.78 is 0. The number of thioether (sulfide) groups is 1. The van der Waals surface area contributed by atoms with Crippen LogP contribution in [0.5, 0.6) is 0 Å². The van der Waals surface area contributed by atoms with Crippen LogP contribution in [0.25, 0.3) is 11.1 Å². The van der Waals surface area contributed by atoms with Gasteiger partial charge in [-0.15, -0.1) is 11.8 Å². The standard InChI is InChI=1S/C26H23N5S/c1-17-14-21(20-6-10-23(32-3)11-7-20)15-18(2)25(17)30-24-12-13-28-26(31-24)29-22-8-4-19(16-27)5-9-22/h4-15H,1-3H3,(H2,28,29,30,31). The lowest BCUT2D eigenvalue weighted by Crippen LogP contribution is -2.02. The van der Waals surface area contributed by atoms with Gasteiger partial charge in [0, 0.05) is 22.5 Å². The number of aryl methyl sites for hydroxylation is 2. The molecule has 0 aliphatic rings. The van der Waals surface area contributed by atoms with E-state index in [-0.39, 0.29) is 0 Å². The maximum absolute atomic E-state index is 8.94. The van der Waals surface area contributed by atoms with E-state index in [1.54, 1.807) is 30.1 Å². The zero-order valence-corrected chi connectivity index (χ0v) is 19.0. The average Bonchev–Trinajstić information content (AvgIpc) is 2.82. The molecule has 6 heteroatoms. The first-order valence-electron chi connectivity index (χ1n) is 10.2. The van der Waals surface area contributed by atoms with Gasteiger partial charge < -0.3 is 10.6 Å². The molecule has 32 heavy (non-hydrogen) atoms. The quantitative estimate of drug-likeness (QED) is 0.322. The molecule has 0 bridgehead atoms. The van der Waals surface area contributed by atoms with Crippen LogP contribution in [0, 0.1) is 25.2 Å². The van der Waals surface area contributed by atoms with Crippen LogP contribution < -0.4 is 10.6 Å². The zero-order valence-electron chi connectivity index (χ0n) is 18.2. The van der Waals surface area contributed by atoms with Gasteiger partial charge in [-0.1, -0.05) is 12.1 Å². The number of anilines is 4. The number of rotatable bonds is 6. The van der Waals surface area contributed by atoms with E-state index < -0.39 is 0 Å². The second-order valence-corrected chi connectivity index (χ2v) is 8.30. The smallest absolute Gasteiger partial charge is 0.229 e. The Morgan fingerprint density at radius 1 is 0.844 bits per heavy atom. The number of hydrogen-bond acceptors (Lipinski definition) is 6. The summed E-state index contributed by atoms with van der Waals surface area (Å²) in [5.74, 6) is 1.19. The number of nitrogens with one attached hydrogen (secondary N) is 2. The third-order valence-electron chi connectivity index (χ3n) is 5.13. The molecule has 0 spiro atoms. The molecule has 4 rings (SSSR count). The molecule has 0 radical (unpaired) electrons. The van der Waals surface area contributed by atoms with E-state index in [1.807, 2.05) is 18.2 Å². The van der Waals surface area contributed by atoms with E-state index in [0.717, 1.165) is 22.5 Å². The van der Waals surface area contributed by atoms with Crippen molar-refractivity contribution >= 4 is 34.9 Å². The van der Waals surface area contributed by atoms with Crippen LogP contribution in [0.4, 0.5) is 23.1 Å². The van der Waals surface area contributed by atoms with E-state index in [1.165, 1.54) is 16.0 Å². The van der Waals surface area contributed by atoms with Gasteiger partial charge in [0.2, 0.25) is 5.95 Å². The van der Waals surface area contributed by atoms with Crippen molar-refractivity contribution in [2.75, 3.05) is 16.9 Å². The second kappa shape index (κ2) is 9.54. The highest BCUT2D eigenvalue weighted by Gasteiger charge is 2.09. The minimum atomic E-state index is 0.487. The molecule has 0 aliphatic heterocycles. The van der Waals surface area contributed by atoms with Crippen molar-refractivity contribution < 1.29 is 0 Å². The normalized spacial score (nSPS) is 10.4. The average molecular weight is 438 g/mol. The lowest BCUT2D eigenvalue weighted by molar-refractivity contribution is 1.16. The molecular formula is C26H23N5S. The van der Waals surface area contributed by atoms with Gasteiger partial charge in [-0.05, 0) is 97.0 Å². The van der Waals surface area contributed by atoms with Gasteiger partial charge >= 0.3 is 0 Å². The van der Waals surface area contributed by atoms with E-state index in [2.05, 4.69) is 83.2 Å². The van der Waals surface area contributed by atoms with Crippen molar-refractivity contribution in [1.82, 2.24) is 9.97 Å². The fourth-order valence-electron chi connectivity index (χ4n) is 3.48. The molecule has 0 saturated heterocycles. The maximum atomic E-state index is 8.94. The summed E-state index contributed by atoms with van der Waals surface area (Å²) in [5.41, 5.74) is 7.17. The van der Waals surface area contributed by atoms with Crippen molar-refractivity contribution in [3.05, 3.63) is 89.6 Å². The highest BCUT2D eigenvalue weighted by Crippen LogP contribution is 2.31. The number of aromatic nitrogens is 2. The van der Waals surface area contributed by atoms with Crippen molar-refractivity contribution in [2.45, 2.75) is 18.7 Å². The van der Waals surface area contributed by atoms with Gasteiger partial charge in [-0.2, -0.15) is 10.2 Å². The molecule has 1 heterocycles. The Hall–Kier alpha value is -3.82. The van der Waals surface area contributed by atoms with E-state index in [4.69, 9.17) is 5.26 Å². The molecule has 3 aromatic carbocycles. The minimum Gasteiger partial charge on any atom is -0.340 e. The molecule has 0 unspecified atom stereocenters. The first-order valence-corrected chi connectivity index (χ1v) is 11.4. The van der Waals surface area contributed by atoms with Crippen molar-refractivity contribution in [3.63, 3.8) is 0 Å². The largest absolute Gasteiger partial charge is 0.340 e. The van der Waals surface area contributed by atoms with Crippen LogP contribution in [-0.2, 0) is 0 Å². The highest BCUT2D eigenvalue weighted by molar-refractivity contribution is 7.98. The summed E-state index contributed by atoms with van der Waals surface area (Å²) in [5, 5.41) is 15.6. The first kappa shape index (κ1) is 21.4. The van der Waals surface area contributed by atoms with Crippen LogP contribution in [0.3, 0.4) is 0 Å². The van der Waals surface area contributed by atoms with Crippen LogP contribution in [-0.4, -0.2) is 16.2 Å². The second-order valence-electron chi connectivity index (χ2n) is 7.42. The van der Waals surface area contributed by atoms with Crippen LogP contribution in [0.15, 0.2) is 77.8 Å². The van der Waals surface area contributed by atoms with Crippen molar-refractivity contribution in [1.29, 1.82) is 5.26 Å². The molecular weight excluding hydrogens is 414 g/mol. The number of benzene rings is 3. The molecule has 0 atom stereocenters. The molecule has 158 valence electrons. The third-order valence-corrected chi connectivity index (χ3v) is 5.88. The van der Waals surface area contributed by atoms with Gasteiger partial charge in [0.25, 0.3) is 0 Å². The van der Waals surface area contributed by atoms with Crippen LogP contribution in [0.2, 0.25) is 0 Å². The van der Waals surface area contributed by atoms with E-state index in [9.17, 15) is 0 Å². The lowest BCUT2D eigenvalue weighted by atomic mass is 9.99. The zero-order chi connectivity index (χ0) is 22.5. The lowest BCUT2D eigenvalue weighted by Gasteiger charge is -2.15. The van der Waals surface area contributed by atoms with E-state index in [0.29, 0.717) is 17.3 Å².